The summed E-state index contributed by atoms with van der Waals surface area (Å²) in [6, 6.07) is 4.45. The van der Waals surface area contributed by atoms with Gasteiger partial charge in [-0.05, 0) is 31.2 Å². The van der Waals surface area contributed by atoms with Gasteiger partial charge in [-0.25, -0.2) is 9.97 Å². The summed E-state index contributed by atoms with van der Waals surface area (Å²) in [6.07, 6.45) is -0.183. The molecule has 11 heteroatoms. The largest absolute Gasteiger partial charge is 0.416 e. The molecule has 1 aromatic carbocycles. The van der Waals surface area contributed by atoms with Crippen molar-refractivity contribution in [1.82, 2.24) is 9.97 Å². The molecule has 0 saturated heterocycles. The predicted octanol–water partition coefficient (Wildman–Crippen LogP) is 5.26. The van der Waals surface area contributed by atoms with E-state index in [1.807, 2.05) is 6.92 Å². The van der Waals surface area contributed by atoms with Crippen molar-refractivity contribution in [2.45, 2.75) is 20.0 Å². The Morgan fingerprint density at radius 3 is 2.67 bits per heavy atom. The average Bonchev–Trinajstić information content (AvgIpc) is 3.28. The highest BCUT2D eigenvalue weighted by Crippen LogP contribution is 2.35. The van der Waals surface area contributed by atoms with Crippen LogP contribution in [0, 0.1) is 6.92 Å². The number of thiazole rings is 2. The molecule has 0 radical (unpaired) electrons. The van der Waals surface area contributed by atoms with Crippen molar-refractivity contribution in [3.8, 4) is 0 Å². The summed E-state index contributed by atoms with van der Waals surface area (Å²) in [7, 11) is 0. The molecular formula is C19H15F3N4O2S2. The van der Waals surface area contributed by atoms with Gasteiger partial charge in [0.25, 0.3) is 0 Å². The van der Waals surface area contributed by atoms with E-state index in [1.165, 1.54) is 42.5 Å². The number of aromatic nitrogens is 2. The summed E-state index contributed by atoms with van der Waals surface area (Å²) in [4.78, 5) is 34.4. The molecule has 0 aliphatic carbocycles. The van der Waals surface area contributed by atoms with Gasteiger partial charge in [-0.3, -0.25) is 19.8 Å². The third-order valence-electron chi connectivity index (χ3n) is 3.70. The maximum Gasteiger partial charge on any atom is 0.416 e. The van der Waals surface area contributed by atoms with Gasteiger partial charge in [0.2, 0.25) is 11.8 Å². The molecule has 1 N–H and O–H groups in total. The number of benzene rings is 1. The Morgan fingerprint density at radius 2 is 2.03 bits per heavy atom. The average molecular weight is 452 g/mol. The van der Waals surface area contributed by atoms with Crippen LogP contribution in [-0.2, 0) is 15.8 Å². The van der Waals surface area contributed by atoms with Crippen molar-refractivity contribution in [2.75, 3.05) is 10.2 Å². The highest BCUT2D eigenvalue weighted by atomic mass is 32.1. The highest BCUT2D eigenvalue weighted by Gasteiger charge is 2.31. The van der Waals surface area contributed by atoms with E-state index in [1.54, 1.807) is 11.6 Å². The topological polar surface area (TPSA) is 75.2 Å². The fraction of sp³-hybridized carbons (Fsp3) is 0.158. The Morgan fingerprint density at radius 1 is 1.27 bits per heavy atom. The molecule has 0 spiro atoms. The van der Waals surface area contributed by atoms with E-state index in [2.05, 4.69) is 15.3 Å². The number of carbonyl (C=O) groups excluding carboxylic acids is 2. The Hall–Kier alpha value is -3.05. The molecule has 0 bridgehead atoms. The summed E-state index contributed by atoms with van der Waals surface area (Å²) in [5.41, 5.74) is -0.421. The molecular weight excluding hydrogens is 437 g/mol. The van der Waals surface area contributed by atoms with Gasteiger partial charge >= 0.3 is 6.18 Å². The van der Waals surface area contributed by atoms with Gasteiger partial charge in [0, 0.05) is 29.5 Å². The quantitative estimate of drug-likeness (QED) is 0.536. The van der Waals surface area contributed by atoms with Crippen LogP contribution in [0.3, 0.4) is 0 Å². The van der Waals surface area contributed by atoms with Crippen LogP contribution >= 0.6 is 22.7 Å². The van der Waals surface area contributed by atoms with E-state index < -0.39 is 23.6 Å². The second kappa shape index (κ2) is 8.76. The number of carbonyl (C=O) groups is 2. The third kappa shape index (κ3) is 5.30. The molecule has 3 rings (SSSR count). The lowest BCUT2D eigenvalue weighted by atomic mass is 10.2. The third-order valence-corrected chi connectivity index (χ3v) is 5.38. The van der Waals surface area contributed by atoms with E-state index in [0.717, 1.165) is 33.2 Å². The summed E-state index contributed by atoms with van der Waals surface area (Å²) < 4.78 is 39.0. The van der Waals surface area contributed by atoms with Crippen molar-refractivity contribution in [3.05, 3.63) is 58.1 Å². The minimum atomic E-state index is -4.53. The number of amides is 2. The Bertz CT molecular complexity index is 1110. The summed E-state index contributed by atoms with van der Waals surface area (Å²) in [5.74, 6) is -0.892. The Labute approximate surface area is 177 Å². The van der Waals surface area contributed by atoms with Gasteiger partial charge in [0.15, 0.2) is 10.3 Å². The first-order valence-corrected chi connectivity index (χ1v) is 10.2. The Balaban J connectivity index is 1.78. The molecule has 0 saturated carbocycles. The maximum atomic E-state index is 13.0. The van der Waals surface area contributed by atoms with Crippen molar-refractivity contribution in [2.24, 2.45) is 0 Å². The number of aryl methyl sites for hydroxylation is 1. The highest BCUT2D eigenvalue weighted by molar-refractivity contribution is 7.15. The number of alkyl halides is 3. The minimum Gasteiger partial charge on any atom is -0.298 e. The second-order valence-corrected chi connectivity index (χ2v) is 8.13. The lowest BCUT2D eigenvalue weighted by molar-refractivity contribution is -0.137. The van der Waals surface area contributed by atoms with E-state index in [-0.39, 0.29) is 10.8 Å². The molecule has 2 heterocycles. The second-order valence-electron chi connectivity index (χ2n) is 6.06. The van der Waals surface area contributed by atoms with E-state index in [0.29, 0.717) is 10.8 Å². The van der Waals surface area contributed by atoms with Gasteiger partial charge in [0.1, 0.15) is 0 Å². The molecule has 156 valence electrons. The van der Waals surface area contributed by atoms with Crippen LogP contribution in [0.1, 0.15) is 23.1 Å². The number of rotatable bonds is 5. The number of halogens is 3. The van der Waals surface area contributed by atoms with Gasteiger partial charge in [-0.15, -0.1) is 22.7 Å². The molecule has 0 aliphatic heterocycles. The van der Waals surface area contributed by atoms with Crippen LogP contribution in [0.4, 0.5) is 29.1 Å². The van der Waals surface area contributed by atoms with Crippen molar-refractivity contribution >= 4 is 56.5 Å². The van der Waals surface area contributed by atoms with Crippen LogP contribution in [0.15, 0.2) is 41.9 Å². The summed E-state index contributed by atoms with van der Waals surface area (Å²) in [5, 5.41) is 4.86. The van der Waals surface area contributed by atoms with E-state index >= 15 is 0 Å². The lowest BCUT2D eigenvalue weighted by Gasteiger charge is -2.19. The van der Waals surface area contributed by atoms with Crippen LogP contribution in [-0.4, -0.2) is 21.8 Å². The van der Waals surface area contributed by atoms with Gasteiger partial charge < -0.3 is 0 Å². The monoisotopic (exact) mass is 452 g/mol. The zero-order chi connectivity index (χ0) is 21.9. The fourth-order valence-electron chi connectivity index (χ4n) is 2.42. The van der Waals surface area contributed by atoms with Gasteiger partial charge in [-0.1, -0.05) is 6.07 Å². The first kappa shape index (κ1) is 21.7. The molecule has 0 unspecified atom stereocenters. The molecule has 0 atom stereocenters. The molecule has 3 aromatic rings. The molecule has 6 nitrogen and oxygen atoms in total. The lowest BCUT2D eigenvalue weighted by Crippen LogP contribution is -2.23. The number of anilines is 3. The molecule has 2 amide bonds. The van der Waals surface area contributed by atoms with Crippen molar-refractivity contribution in [3.63, 3.8) is 0 Å². The standard InChI is InChI=1S/C19H15F3N4O2S2/c1-11-9-23-17(30-11)25-16(28)7-6-14-10-29-18(24-14)26(12(2)27)15-5-3-4-13(8-15)19(20,21)22/h3-10H,1-2H3,(H,23,25,28)/b7-6+. The molecule has 2 aromatic heterocycles. The van der Waals surface area contributed by atoms with Gasteiger partial charge in [0.05, 0.1) is 16.9 Å². The van der Waals surface area contributed by atoms with E-state index in [9.17, 15) is 22.8 Å². The van der Waals surface area contributed by atoms with Crippen molar-refractivity contribution < 1.29 is 22.8 Å². The maximum absolute atomic E-state index is 13.0. The first-order valence-electron chi connectivity index (χ1n) is 8.48. The molecule has 0 aliphatic rings. The zero-order valence-electron chi connectivity index (χ0n) is 15.7. The predicted molar refractivity (Wildman–Crippen MR) is 111 cm³/mol. The fourth-order valence-corrected chi connectivity index (χ4v) is 3.95. The molecule has 30 heavy (non-hydrogen) atoms. The Kier molecular flexibility index (Phi) is 6.32. The van der Waals surface area contributed by atoms with Crippen LogP contribution in [0.2, 0.25) is 0 Å². The SMILES string of the molecule is CC(=O)N(c1cccc(C(F)(F)F)c1)c1nc(/C=C/C(=O)Nc2ncc(C)s2)cs1. The van der Waals surface area contributed by atoms with E-state index in [4.69, 9.17) is 0 Å². The summed E-state index contributed by atoms with van der Waals surface area (Å²) in [6.45, 7) is 3.10. The number of hydrogen-bond acceptors (Lipinski definition) is 6. The van der Waals surface area contributed by atoms with Crippen LogP contribution in [0.5, 0.6) is 0 Å². The zero-order valence-corrected chi connectivity index (χ0v) is 17.4. The van der Waals surface area contributed by atoms with Gasteiger partial charge in [-0.2, -0.15) is 13.2 Å². The smallest absolute Gasteiger partial charge is 0.298 e. The number of nitrogens with one attached hydrogen (secondary N) is 1. The number of hydrogen-bond donors (Lipinski definition) is 1. The molecule has 0 fully saturated rings. The number of nitrogens with zero attached hydrogens (tertiary/aromatic N) is 3. The van der Waals surface area contributed by atoms with Crippen molar-refractivity contribution in [1.29, 1.82) is 0 Å². The normalized spacial score (nSPS) is 11.6. The van der Waals surface area contributed by atoms with Crippen LogP contribution in [0.25, 0.3) is 6.08 Å². The van der Waals surface area contributed by atoms with Crippen LogP contribution < -0.4 is 10.2 Å². The first-order chi connectivity index (χ1) is 14.1. The summed E-state index contributed by atoms with van der Waals surface area (Å²) >= 11 is 2.41. The minimum absolute atomic E-state index is 0.0547.